The van der Waals surface area contributed by atoms with E-state index in [2.05, 4.69) is 21.2 Å². The maximum Gasteiger partial charge on any atom is 0.243 e. The predicted octanol–water partition coefficient (Wildman–Crippen LogP) is 4.31. The molecule has 5 nitrogen and oxygen atoms in total. The van der Waals surface area contributed by atoms with Crippen molar-refractivity contribution in [2.24, 2.45) is 0 Å². The molecule has 31 heavy (non-hydrogen) atoms. The molecular weight excluding hydrogens is 476 g/mol. The van der Waals surface area contributed by atoms with Crippen molar-refractivity contribution in [2.75, 3.05) is 13.1 Å². The first kappa shape index (κ1) is 23.2. The van der Waals surface area contributed by atoms with Crippen LogP contribution in [-0.2, 0) is 27.8 Å². The van der Waals surface area contributed by atoms with Crippen molar-refractivity contribution in [1.82, 2.24) is 9.62 Å². The lowest BCUT2D eigenvalue weighted by atomic mass is 10.1. The maximum atomic E-state index is 13.3. The zero-order valence-electron chi connectivity index (χ0n) is 17.3. The lowest BCUT2D eigenvalue weighted by Gasteiger charge is -2.22. The molecule has 1 N–H and O–H groups in total. The molecule has 3 rings (SSSR count). The van der Waals surface area contributed by atoms with Gasteiger partial charge in [-0.15, -0.1) is 0 Å². The van der Waals surface area contributed by atoms with Gasteiger partial charge in [-0.2, -0.15) is 4.31 Å². The third kappa shape index (κ3) is 6.75. The highest BCUT2D eigenvalue weighted by molar-refractivity contribution is 9.10. The standard InChI is InChI=1S/C24H25BrN2O3S/c1-19-7-13-23(14-8-19)31(29,30)27(17-21-9-11-22(25)12-10-21)18-24(28)26-16-15-20-5-3-2-4-6-20/h2-14H,15-18H2,1H3,(H,26,28). The second-order valence-electron chi connectivity index (χ2n) is 7.30. The third-order valence-corrected chi connectivity index (χ3v) is 7.16. The molecule has 0 heterocycles. The summed E-state index contributed by atoms with van der Waals surface area (Å²) in [5.41, 5.74) is 2.88. The Bertz CT molecular complexity index is 1100. The van der Waals surface area contributed by atoms with Gasteiger partial charge >= 0.3 is 0 Å². The van der Waals surface area contributed by atoms with Crippen LogP contribution in [0.4, 0.5) is 0 Å². The molecule has 0 spiro atoms. The number of halogens is 1. The highest BCUT2D eigenvalue weighted by Crippen LogP contribution is 2.20. The molecule has 0 atom stereocenters. The molecule has 7 heteroatoms. The van der Waals surface area contributed by atoms with Crippen molar-refractivity contribution >= 4 is 31.9 Å². The number of nitrogens with zero attached hydrogens (tertiary/aromatic N) is 1. The summed E-state index contributed by atoms with van der Waals surface area (Å²) in [6.07, 6.45) is 0.685. The normalized spacial score (nSPS) is 11.5. The fraction of sp³-hybridized carbons (Fsp3) is 0.208. The number of sulfonamides is 1. The Kier molecular flexibility index (Phi) is 8.01. The second-order valence-corrected chi connectivity index (χ2v) is 10.2. The molecule has 0 radical (unpaired) electrons. The summed E-state index contributed by atoms with van der Waals surface area (Å²) >= 11 is 3.39. The van der Waals surface area contributed by atoms with Gasteiger partial charge in [0.25, 0.3) is 0 Å². The van der Waals surface area contributed by atoms with Gasteiger partial charge < -0.3 is 5.32 Å². The SMILES string of the molecule is Cc1ccc(S(=O)(=O)N(CC(=O)NCCc2ccccc2)Cc2ccc(Br)cc2)cc1. The number of rotatable bonds is 9. The molecule has 0 saturated heterocycles. The van der Waals surface area contributed by atoms with Gasteiger partial charge in [0.05, 0.1) is 11.4 Å². The number of nitrogens with one attached hydrogen (secondary N) is 1. The van der Waals surface area contributed by atoms with Crippen LogP contribution in [-0.4, -0.2) is 31.7 Å². The molecule has 0 aromatic heterocycles. The Labute approximate surface area is 192 Å². The topological polar surface area (TPSA) is 66.5 Å². The first-order valence-electron chi connectivity index (χ1n) is 9.96. The van der Waals surface area contributed by atoms with Gasteiger partial charge in [0.2, 0.25) is 15.9 Å². The van der Waals surface area contributed by atoms with Gasteiger partial charge in [-0.3, -0.25) is 4.79 Å². The van der Waals surface area contributed by atoms with Gasteiger partial charge in [0, 0.05) is 17.6 Å². The van der Waals surface area contributed by atoms with Crippen molar-refractivity contribution in [1.29, 1.82) is 0 Å². The van der Waals surface area contributed by atoms with Crippen molar-refractivity contribution in [3.63, 3.8) is 0 Å². The minimum Gasteiger partial charge on any atom is -0.355 e. The van der Waals surface area contributed by atoms with E-state index in [0.29, 0.717) is 13.0 Å². The minimum atomic E-state index is -3.84. The molecule has 0 bridgehead atoms. The molecule has 0 aliphatic carbocycles. The van der Waals surface area contributed by atoms with Crippen molar-refractivity contribution in [2.45, 2.75) is 24.8 Å². The summed E-state index contributed by atoms with van der Waals surface area (Å²) in [5, 5.41) is 2.84. The van der Waals surface area contributed by atoms with Crippen LogP contribution in [0.1, 0.15) is 16.7 Å². The first-order chi connectivity index (χ1) is 14.8. The van der Waals surface area contributed by atoms with E-state index in [-0.39, 0.29) is 23.9 Å². The van der Waals surface area contributed by atoms with Crippen molar-refractivity contribution in [3.8, 4) is 0 Å². The van der Waals surface area contributed by atoms with Crippen LogP contribution in [0.2, 0.25) is 0 Å². The van der Waals surface area contributed by atoms with Gasteiger partial charge in [-0.1, -0.05) is 76.1 Å². The largest absolute Gasteiger partial charge is 0.355 e. The Morgan fingerprint density at radius 1 is 0.903 bits per heavy atom. The highest BCUT2D eigenvalue weighted by atomic mass is 79.9. The lowest BCUT2D eigenvalue weighted by Crippen LogP contribution is -2.40. The Morgan fingerprint density at radius 3 is 2.19 bits per heavy atom. The lowest BCUT2D eigenvalue weighted by molar-refractivity contribution is -0.121. The monoisotopic (exact) mass is 500 g/mol. The first-order valence-corrected chi connectivity index (χ1v) is 12.2. The molecule has 0 aliphatic rings. The molecule has 0 aliphatic heterocycles. The van der Waals surface area contributed by atoms with Gasteiger partial charge in [0.15, 0.2) is 0 Å². The second kappa shape index (κ2) is 10.7. The summed E-state index contributed by atoms with van der Waals surface area (Å²) in [6, 6.07) is 23.9. The van der Waals surface area contributed by atoms with Crippen LogP contribution >= 0.6 is 15.9 Å². The van der Waals surface area contributed by atoms with Crippen LogP contribution in [0.3, 0.4) is 0 Å². The summed E-state index contributed by atoms with van der Waals surface area (Å²) in [6.45, 7) is 2.20. The maximum absolute atomic E-state index is 13.3. The van der Waals surface area contributed by atoms with E-state index in [4.69, 9.17) is 0 Å². The average Bonchev–Trinajstić information content (AvgIpc) is 2.76. The third-order valence-electron chi connectivity index (χ3n) is 4.83. The highest BCUT2D eigenvalue weighted by Gasteiger charge is 2.26. The van der Waals surface area contributed by atoms with E-state index in [9.17, 15) is 13.2 Å². The number of amides is 1. The summed E-state index contributed by atoms with van der Waals surface area (Å²) in [4.78, 5) is 12.8. The van der Waals surface area contributed by atoms with E-state index >= 15 is 0 Å². The number of hydrogen-bond acceptors (Lipinski definition) is 3. The van der Waals surface area contributed by atoms with Crippen LogP contribution in [0.15, 0.2) is 88.2 Å². The zero-order valence-corrected chi connectivity index (χ0v) is 19.7. The minimum absolute atomic E-state index is 0.107. The molecule has 0 unspecified atom stereocenters. The van der Waals surface area contributed by atoms with E-state index in [1.807, 2.05) is 61.5 Å². The van der Waals surface area contributed by atoms with Crippen molar-refractivity contribution < 1.29 is 13.2 Å². The Hall–Kier alpha value is -2.48. The number of benzene rings is 3. The molecular formula is C24H25BrN2O3S. The molecule has 162 valence electrons. The number of hydrogen-bond donors (Lipinski definition) is 1. The molecule has 0 saturated carbocycles. The van der Waals surface area contributed by atoms with Gasteiger partial charge in [0.1, 0.15) is 0 Å². The van der Waals surface area contributed by atoms with Gasteiger partial charge in [-0.05, 0) is 48.7 Å². The number of carbonyl (C=O) groups excluding carboxylic acids is 1. The summed E-state index contributed by atoms with van der Waals surface area (Å²) in [5.74, 6) is -0.330. The zero-order chi connectivity index (χ0) is 22.3. The van der Waals surface area contributed by atoms with E-state index in [0.717, 1.165) is 21.2 Å². The molecule has 0 fully saturated rings. The van der Waals surface area contributed by atoms with Gasteiger partial charge in [-0.25, -0.2) is 8.42 Å². The Morgan fingerprint density at radius 2 is 1.55 bits per heavy atom. The van der Waals surface area contributed by atoms with Crippen molar-refractivity contribution in [3.05, 3.63) is 100 Å². The smallest absolute Gasteiger partial charge is 0.243 e. The quantitative estimate of drug-likeness (QED) is 0.476. The fourth-order valence-corrected chi connectivity index (χ4v) is 4.73. The summed E-state index contributed by atoms with van der Waals surface area (Å²) in [7, 11) is -3.84. The van der Waals surface area contributed by atoms with E-state index in [1.54, 1.807) is 24.3 Å². The fourth-order valence-electron chi connectivity index (χ4n) is 3.09. The van der Waals surface area contributed by atoms with Crippen LogP contribution < -0.4 is 5.32 Å². The van der Waals surface area contributed by atoms with E-state index < -0.39 is 10.0 Å². The number of aryl methyl sites for hydroxylation is 1. The Balaban J connectivity index is 1.73. The summed E-state index contributed by atoms with van der Waals surface area (Å²) < 4.78 is 28.7. The predicted molar refractivity (Wildman–Crippen MR) is 126 cm³/mol. The average molecular weight is 501 g/mol. The van der Waals surface area contributed by atoms with Crippen LogP contribution in [0.25, 0.3) is 0 Å². The molecule has 3 aromatic carbocycles. The molecule has 1 amide bonds. The van der Waals surface area contributed by atoms with E-state index in [1.165, 1.54) is 4.31 Å². The molecule has 3 aromatic rings. The van der Waals surface area contributed by atoms with Crippen LogP contribution in [0.5, 0.6) is 0 Å². The number of carbonyl (C=O) groups is 1. The van der Waals surface area contributed by atoms with Crippen LogP contribution in [0, 0.1) is 6.92 Å².